The monoisotopic (exact) mass is 323 g/mol. The molecule has 4 aromatic rings. The molecule has 0 fully saturated rings. The first-order valence-corrected chi connectivity index (χ1v) is 8.82. The lowest BCUT2D eigenvalue weighted by Gasteiger charge is -2.10. The van der Waals surface area contributed by atoms with Gasteiger partial charge in [-0.05, 0) is 30.3 Å². The maximum Gasteiger partial charge on any atom is 0.356 e. The number of para-hydroxylation sites is 2. The fourth-order valence-corrected chi connectivity index (χ4v) is 3.59. The minimum Gasteiger partial charge on any atom is -0.321 e. The fourth-order valence-electron chi connectivity index (χ4n) is 3.01. The molecular formula is C18H14NO3P. The largest absolute Gasteiger partial charge is 0.356 e. The summed E-state index contributed by atoms with van der Waals surface area (Å²) in [7, 11) is -4.28. The molecule has 4 nitrogen and oxygen atoms in total. The molecule has 1 aromatic heterocycles. The molecule has 0 radical (unpaired) electrons. The highest BCUT2D eigenvalue weighted by Gasteiger charge is 2.18. The predicted molar refractivity (Wildman–Crippen MR) is 92.5 cm³/mol. The molecule has 0 amide bonds. The molecule has 2 N–H and O–H groups in total. The predicted octanol–water partition coefficient (Wildman–Crippen LogP) is 3.59. The maximum absolute atomic E-state index is 11.6. The Morgan fingerprint density at radius 3 is 1.87 bits per heavy atom. The van der Waals surface area contributed by atoms with Crippen molar-refractivity contribution in [3.05, 3.63) is 72.8 Å². The van der Waals surface area contributed by atoms with Crippen LogP contribution in [0, 0.1) is 0 Å². The SMILES string of the molecule is O=P(O)(O)c1cccc(-n2c3ccccc3c3ccccc32)c1. The van der Waals surface area contributed by atoms with E-state index >= 15 is 0 Å². The first kappa shape index (κ1) is 14.2. The highest BCUT2D eigenvalue weighted by atomic mass is 31.2. The zero-order valence-electron chi connectivity index (χ0n) is 12.1. The minimum absolute atomic E-state index is 0.0249. The van der Waals surface area contributed by atoms with Crippen LogP contribution >= 0.6 is 7.60 Å². The van der Waals surface area contributed by atoms with Gasteiger partial charge in [0.05, 0.1) is 16.3 Å². The Morgan fingerprint density at radius 1 is 0.739 bits per heavy atom. The van der Waals surface area contributed by atoms with Gasteiger partial charge in [-0.25, -0.2) is 0 Å². The van der Waals surface area contributed by atoms with Crippen LogP contribution in [0.3, 0.4) is 0 Å². The Kier molecular flexibility index (Phi) is 3.13. The van der Waals surface area contributed by atoms with Gasteiger partial charge in [0.25, 0.3) is 0 Å². The van der Waals surface area contributed by atoms with Crippen molar-refractivity contribution in [3.8, 4) is 5.69 Å². The van der Waals surface area contributed by atoms with E-state index in [4.69, 9.17) is 0 Å². The Hall–Kier alpha value is -2.39. The normalized spacial score (nSPS) is 12.1. The Labute approximate surface area is 132 Å². The second-order valence-corrected chi connectivity index (χ2v) is 7.04. The molecule has 0 saturated carbocycles. The molecule has 0 bridgehead atoms. The van der Waals surface area contributed by atoms with Gasteiger partial charge in [0, 0.05) is 16.5 Å². The van der Waals surface area contributed by atoms with Crippen molar-refractivity contribution < 1.29 is 14.4 Å². The van der Waals surface area contributed by atoms with Crippen molar-refractivity contribution in [2.45, 2.75) is 0 Å². The summed E-state index contributed by atoms with van der Waals surface area (Å²) in [6, 6.07) is 22.6. The average molecular weight is 323 g/mol. The molecule has 23 heavy (non-hydrogen) atoms. The molecule has 114 valence electrons. The van der Waals surface area contributed by atoms with E-state index < -0.39 is 7.60 Å². The van der Waals surface area contributed by atoms with E-state index in [9.17, 15) is 14.4 Å². The van der Waals surface area contributed by atoms with Gasteiger partial charge < -0.3 is 14.4 Å². The fraction of sp³-hybridized carbons (Fsp3) is 0. The van der Waals surface area contributed by atoms with Crippen LogP contribution in [0.4, 0.5) is 0 Å². The lowest BCUT2D eigenvalue weighted by atomic mass is 10.2. The Bertz CT molecular complexity index is 1020. The van der Waals surface area contributed by atoms with Gasteiger partial charge in [-0.3, -0.25) is 4.57 Å². The van der Waals surface area contributed by atoms with E-state index in [-0.39, 0.29) is 5.30 Å². The van der Waals surface area contributed by atoms with Crippen LogP contribution in [-0.4, -0.2) is 14.4 Å². The van der Waals surface area contributed by atoms with Crippen LogP contribution in [0.1, 0.15) is 0 Å². The van der Waals surface area contributed by atoms with Crippen LogP contribution in [0.2, 0.25) is 0 Å². The van der Waals surface area contributed by atoms with Crippen LogP contribution in [0.15, 0.2) is 72.8 Å². The molecule has 1 heterocycles. The number of hydrogen-bond acceptors (Lipinski definition) is 1. The van der Waals surface area contributed by atoms with E-state index in [2.05, 4.69) is 12.1 Å². The van der Waals surface area contributed by atoms with Gasteiger partial charge in [-0.15, -0.1) is 0 Å². The third kappa shape index (κ3) is 2.28. The quantitative estimate of drug-likeness (QED) is 0.554. The van der Waals surface area contributed by atoms with E-state index in [1.54, 1.807) is 12.1 Å². The van der Waals surface area contributed by atoms with Gasteiger partial charge in [-0.2, -0.15) is 0 Å². The summed E-state index contributed by atoms with van der Waals surface area (Å²) in [4.78, 5) is 18.9. The molecule has 0 aliphatic rings. The lowest BCUT2D eigenvalue weighted by Crippen LogP contribution is -2.06. The maximum atomic E-state index is 11.6. The van der Waals surface area contributed by atoms with Gasteiger partial charge >= 0.3 is 7.60 Å². The summed E-state index contributed by atoms with van der Waals surface area (Å²) in [5.74, 6) is 0. The number of aromatic nitrogens is 1. The van der Waals surface area contributed by atoms with E-state index in [0.29, 0.717) is 0 Å². The van der Waals surface area contributed by atoms with Crippen LogP contribution < -0.4 is 5.30 Å². The third-order valence-electron chi connectivity index (χ3n) is 4.00. The summed E-state index contributed by atoms with van der Waals surface area (Å²) in [6.45, 7) is 0. The zero-order chi connectivity index (χ0) is 16.0. The van der Waals surface area contributed by atoms with Crippen molar-refractivity contribution in [1.82, 2.24) is 4.57 Å². The van der Waals surface area contributed by atoms with Crippen molar-refractivity contribution in [3.63, 3.8) is 0 Å². The van der Waals surface area contributed by atoms with Gasteiger partial charge in [-0.1, -0.05) is 42.5 Å². The van der Waals surface area contributed by atoms with Crippen molar-refractivity contribution in [2.24, 2.45) is 0 Å². The van der Waals surface area contributed by atoms with Crippen LogP contribution in [0.5, 0.6) is 0 Å². The standard InChI is InChI=1S/C18H14NO3P/c20-23(21,22)14-7-5-6-13(12-14)19-17-10-3-1-8-15(17)16-9-2-4-11-18(16)19/h1-12H,(H2,20,21,22). The highest BCUT2D eigenvalue weighted by Crippen LogP contribution is 2.35. The Morgan fingerprint density at radius 2 is 1.30 bits per heavy atom. The van der Waals surface area contributed by atoms with E-state index in [1.807, 2.05) is 47.0 Å². The number of fused-ring (bicyclic) bond motifs is 3. The number of benzene rings is 3. The van der Waals surface area contributed by atoms with E-state index in [0.717, 1.165) is 27.5 Å². The third-order valence-corrected chi connectivity index (χ3v) is 4.96. The molecule has 4 rings (SSSR count). The second kappa shape index (κ2) is 5.07. The summed E-state index contributed by atoms with van der Waals surface area (Å²) >= 11 is 0. The molecule has 0 spiro atoms. The zero-order valence-corrected chi connectivity index (χ0v) is 13.0. The average Bonchev–Trinajstić information content (AvgIpc) is 2.89. The van der Waals surface area contributed by atoms with Crippen molar-refractivity contribution in [2.75, 3.05) is 0 Å². The van der Waals surface area contributed by atoms with Gasteiger partial charge in [0.15, 0.2) is 0 Å². The van der Waals surface area contributed by atoms with Gasteiger partial charge in [0.1, 0.15) is 0 Å². The van der Waals surface area contributed by atoms with Crippen molar-refractivity contribution >= 4 is 34.7 Å². The first-order chi connectivity index (χ1) is 11.1. The minimum atomic E-state index is -4.28. The molecule has 0 aliphatic carbocycles. The Balaban J connectivity index is 2.11. The number of rotatable bonds is 2. The van der Waals surface area contributed by atoms with Crippen LogP contribution in [-0.2, 0) is 4.57 Å². The molecule has 0 saturated heterocycles. The van der Waals surface area contributed by atoms with Crippen LogP contribution in [0.25, 0.3) is 27.5 Å². The first-order valence-electron chi connectivity index (χ1n) is 7.20. The van der Waals surface area contributed by atoms with E-state index in [1.165, 1.54) is 6.07 Å². The lowest BCUT2D eigenvalue weighted by molar-refractivity contribution is 0.387. The molecule has 0 atom stereocenters. The molecular weight excluding hydrogens is 309 g/mol. The summed E-state index contributed by atoms with van der Waals surface area (Å²) in [5, 5.41) is 2.26. The molecule has 0 unspecified atom stereocenters. The molecule has 5 heteroatoms. The van der Waals surface area contributed by atoms with Gasteiger partial charge in [0.2, 0.25) is 0 Å². The summed E-state index contributed by atoms with van der Waals surface area (Å²) in [5.41, 5.74) is 2.76. The summed E-state index contributed by atoms with van der Waals surface area (Å²) in [6.07, 6.45) is 0. The van der Waals surface area contributed by atoms with Crippen molar-refractivity contribution in [1.29, 1.82) is 0 Å². The number of nitrogens with zero attached hydrogens (tertiary/aromatic N) is 1. The topological polar surface area (TPSA) is 62.5 Å². The smallest absolute Gasteiger partial charge is 0.321 e. The molecule has 3 aromatic carbocycles. The highest BCUT2D eigenvalue weighted by molar-refractivity contribution is 7.60. The number of hydrogen-bond donors (Lipinski definition) is 2. The second-order valence-electron chi connectivity index (χ2n) is 5.43. The molecule has 0 aliphatic heterocycles. The summed E-state index contributed by atoms with van der Waals surface area (Å²) < 4.78 is 13.6.